The molecule has 1 amide bonds. The van der Waals surface area contributed by atoms with E-state index in [0.29, 0.717) is 12.2 Å². The molecule has 0 atom stereocenters. The third-order valence-corrected chi connectivity index (χ3v) is 6.09. The van der Waals surface area contributed by atoms with E-state index < -0.39 is 0 Å². The van der Waals surface area contributed by atoms with E-state index in [0.717, 1.165) is 49.2 Å². The summed E-state index contributed by atoms with van der Waals surface area (Å²) in [7, 11) is 0. The number of fused-ring (bicyclic) bond motifs is 2. The Morgan fingerprint density at radius 2 is 1.94 bits per heavy atom. The third-order valence-electron chi connectivity index (χ3n) is 6.09. The van der Waals surface area contributed by atoms with Crippen LogP contribution in [0.2, 0.25) is 0 Å². The van der Waals surface area contributed by atoms with Crippen LogP contribution in [0.5, 0.6) is 0 Å². The van der Waals surface area contributed by atoms with E-state index in [2.05, 4.69) is 57.7 Å². The van der Waals surface area contributed by atoms with Crippen LogP contribution in [0.1, 0.15) is 39.8 Å². The van der Waals surface area contributed by atoms with Gasteiger partial charge in [0.1, 0.15) is 0 Å². The molecule has 3 heterocycles. The Morgan fingerprint density at radius 3 is 2.77 bits per heavy atom. The molecule has 0 spiro atoms. The standard InChI is InChI=1S/C25H27N5O/c1-2-30-23-12-13-29(16-19-15-26-22-11-7-6-10-20(19)22)17-21(23)24(28-30)25(31)27-14-18-8-4-3-5-9-18/h3-11,15,26H,2,12-14,16-17H2,1H3,(H,27,31). The summed E-state index contributed by atoms with van der Waals surface area (Å²) in [5, 5.41) is 8.99. The summed E-state index contributed by atoms with van der Waals surface area (Å²) in [4.78, 5) is 18.8. The van der Waals surface area contributed by atoms with Crippen LogP contribution in [0.15, 0.2) is 60.8 Å². The van der Waals surface area contributed by atoms with Gasteiger partial charge in [0, 0.05) is 67.5 Å². The highest BCUT2D eigenvalue weighted by molar-refractivity contribution is 5.94. The first-order valence-corrected chi connectivity index (χ1v) is 10.9. The summed E-state index contributed by atoms with van der Waals surface area (Å²) in [6, 6.07) is 18.4. The number of rotatable bonds is 6. The molecule has 0 radical (unpaired) electrons. The normalized spacial score (nSPS) is 14.0. The van der Waals surface area contributed by atoms with Crippen LogP contribution in [-0.2, 0) is 32.6 Å². The molecule has 2 N–H and O–H groups in total. The van der Waals surface area contributed by atoms with Crippen molar-refractivity contribution in [1.29, 1.82) is 0 Å². The first kappa shape index (κ1) is 19.6. The summed E-state index contributed by atoms with van der Waals surface area (Å²) in [5.74, 6) is -0.0961. The number of aromatic amines is 1. The van der Waals surface area contributed by atoms with Gasteiger partial charge in [0.2, 0.25) is 0 Å². The first-order valence-electron chi connectivity index (χ1n) is 10.9. The largest absolute Gasteiger partial charge is 0.361 e. The highest BCUT2D eigenvalue weighted by Crippen LogP contribution is 2.26. The van der Waals surface area contributed by atoms with Crippen molar-refractivity contribution in [3.8, 4) is 0 Å². The van der Waals surface area contributed by atoms with E-state index in [1.807, 2.05) is 35.0 Å². The van der Waals surface area contributed by atoms with Crippen LogP contribution >= 0.6 is 0 Å². The monoisotopic (exact) mass is 413 g/mol. The molecule has 6 heteroatoms. The highest BCUT2D eigenvalue weighted by atomic mass is 16.1. The van der Waals surface area contributed by atoms with Gasteiger partial charge in [-0.05, 0) is 24.1 Å². The zero-order valence-corrected chi connectivity index (χ0v) is 17.8. The minimum Gasteiger partial charge on any atom is -0.361 e. The SMILES string of the molecule is CCn1nc(C(=O)NCc2ccccc2)c2c1CCN(Cc1c[nH]c3ccccc13)C2. The Morgan fingerprint density at radius 1 is 1.13 bits per heavy atom. The molecule has 158 valence electrons. The van der Waals surface area contributed by atoms with Gasteiger partial charge >= 0.3 is 0 Å². The molecule has 1 aliphatic rings. The van der Waals surface area contributed by atoms with Crippen LogP contribution in [-0.4, -0.2) is 32.1 Å². The molecule has 5 rings (SSSR count). The van der Waals surface area contributed by atoms with Crippen LogP contribution in [0.4, 0.5) is 0 Å². The smallest absolute Gasteiger partial charge is 0.272 e. The molecule has 0 saturated heterocycles. The molecule has 0 fully saturated rings. The fourth-order valence-corrected chi connectivity index (χ4v) is 4.49. The maximum absolute atomic E-state index is 13.0. The van der Waals surface area contributed by atoms with E-state index in [-0.39, 0.29) is 5.91 Å². The molecule has 2 aromatic heterocycles. The number of hydrogen-bond donors (Lipinski definition) is 2. The predicted molar refractivity (Wildman–Crippen MR) is 122 cm³/mol. The van der Waals surface area contributed by atoms with Crippen LogP contribution in [0, 0.1) is 0 Å². The van der Waals surface area contributed by atoms with Crippen molar-refractivity contribution < 1.29 is 4.79 Å². The fraction of sp³-hybridized carbons (Fsp3) is 0.280. The van der Waals surface area contributed by atoms with E-state index in [1.54, 1.807) is 0 Å². The van der Waals surface area contributed by atoms with Crippen molar-refractivity contribution in [2.75, 3.05) is 6.54 Å². The maximum atomic E-state index is 13.0. The Hall–Kier alpha value is -3.38. The number of aromatic nitrogens is 3. The second-order valence-corrected chi connectivity index (χ2v) is 8.08. The van der Waals surface area contributed by atoms with E-state index in [1.165, 1.54) is 16.6 Å². The molecule has 0 unspecified atom stereocenters. The molecule has 4 aromatic rings. The van der Waals surface area contributed by atoms with Gasteiger partial charge in [0.05, 0.1) is 0 Å². The number of amides is 1. The lowest BCUT2D eigenvalue weighted by Gasteiger charge is -2.27. The van der Waals surface area contributed by atoms with Gasteiger partial charge in [-0.3, -0.25) is 14.4 Å². The number of nitrogens with zero attached hydrogens (tertiary/aromatic N) is 3. The molecule has 31 heavy (non-hydrogen) atoms. The van der Waals surface area contributed by atoms with Gasteiger partial charge < -0.3 is 10.3 Å². The molecule has 0 saturated carbocycles. The molecule has 6 nitrogen and oxygen atoms in total. The van der Waals surface area contributed by atoms with Crippen molar-refractivity contribution in [1.82, 2.24) is 25.0 Å². The minimum atomic E-state index is -0.0961. The Balaban J connectivity index is 1.35. The topological polar surface area (TPSA) is 66.0 Å². The average Bonchev–Trinajstić information content (AvgIpc) is 3.39. The molecule has 1 aliphatic heterocycles. The van der Waals surface area contributed by atoms with Crippen molar-refractivity contribution in [2.45, 2.75) is 39.5 Å². The maximum Gasteiger partial charge on any atom is 0.272 e. The number of nitrogens with one attached hydrogen (secondary N) is 2. The van der Waals surface area contributed by atoms with Gasteiger partial charge in [-0.25, -0.2) is 0 Å². The first-order chi connectivity index (χ1) is 15.2. The van der Waals surface area contributed by atoms with Crippen LogP contribution < -0.4 is 5.32 Å². The number of para-hydroxylation sites is 1. The molecule has 0 aliphatic carbocycles. The number of carbonyl (C=O) groups is 1. The van der Waals surface area contributed by atoms with Crippen molar-refractivity contribution in [3.05, 3.63) is 88.9 Å². The van der Waals surface area contributed by atoms with Crippen molar-refractivity contribution in [2.24, 2.45) is 0 Å². The van der Waals surface area contributed by atoms with E-state index in [4.69, 9.17) is 0 Å². The lowest BCUT2D eigenvalue weighted by Crippen LogP contribution is -2.32. The molecule has 2 aromatic carbocycles. The van der Waals surface area contributed by atoms with Gasteiger partial charge in [-0.15, -0.1) is 0 Å². The van der Waals surface area contributed by atoms with E-state index in [9.17, 15) is 4.79 Å². The van der Waals surface area contributed by atoms with Crippen LogP contribution in [0.25, 0.3) is 10.9 Å². The summed E-state index contributed by atoms with van der Waals surface area (Å²) in [6.45, 7) is 5.92. The van der Waals surface area contributed by atoms with E-state index >= 15 is 0 Å². The summed E-state index contributed by atoms with van der Waals surface area (Å²) in [5.41, 5.74) is 6.37. The lowest BCUT2D eigenvalue weighted by atomic mass is 10.0. The second-order valence-electron chi connectivity index (χ2n) is 8.08. The van der Waals surface area contributed by atoms with Gasteiger partial charge in [-0.1, -0.05) is 48.5 Å². The molecular formula is C25H27N5O. The Labute approximate surface area is 181 Å². The molecule has 0 bridgehead atoms. The molecular weight excluding hydrogens is 386 g/mol. The number of H-pyrrole nitrogens is 1. The number of benzene rings is 2. The lowest BCUT2D eigenvalue weighted by molar-refractivity contribution is 0.0942. The van der Waals surface area contributed by atoms with Crippen molar-refractivity contribution >= 4 is 16.8 Å². The minimum absolute atomic E-state index is 0.0961. The quantitative estimate of drug-likeness (QED) is 0.504. The predicted octanol–water partition coefficient (Wildman–Crippen LogP) is 3.87. The number of carbonyl (C=O) groups excluding carboxylic acids is 1. The number of aryl methyl sites for hydroxylation is 1. The third kappa shape index (κ3) is 3.86. The van der Waals surface area contributed by atoms with Gasteiger partial charge in [0.15, 0.2) is 5.69 Å². The summed E-state index contributed by atoms with van der Waals surface area (Å²) >= 11 is 0. The summed E-state index contributed by atoms with van der Waals surface area (Å²) < 4.78 is 2.00. The Bertz CT molecular complexity index is 1210. The highest BCUT2D eigenvalue weighted by Gasteiger charge is 2.28. The second kappa shape index (κ2) is 8.40. The van der Waals surface area contributed by atoms with Crippen molar-refractivity contribution in [3.63, 3.8) is 0 Å². The van der Waals surface area contributed by atoms with Gasteiger partial charge in [-0.2, -0.15) is 5.10 Å². The van der Waals surface area contributed by atoms with Gasteiger partial charge in [0.25, 0.3) is 5.91 Å². The van der Waals surface area contributed by atoms with Crippen LogP contribution in [0.3, 0.4) is 0 Å². The summed E-state index contributed by atoms with van der Waals surface area (Å²) in [6.07, 6.45) is 3.01. The Kier molecular flexibility index (Phi) is 5.30. The average molecular weight is 414 g/mol. The number of hydrogen-bond acceptors (Lipinski definition) is 3. The zero-order valence-electron chi connectivity index (χ0n) is 17.8. The fourth-order valence-electron chi connectivity index (χ4n) is 4.49. The zero-order chi connectivity index (χ0) is 21.2.